The molecule has 0 heterocycles. The second kappa shape index (κ2) is 7.25. The molecule has 1 unspecified atom stereocenters. The van der Waals surface area contributed by atoms with Crippen LogP contribution < -0.4 is 0 Å². The molecule has 0 aromatic heterocycles. The summed E-state index contributed by atoms with van der Waals surface area (Å²) in [6.45, 7) is -0.237. The zero-order chi connectivity index (χ0) is 20.0. The molecule has 2 aromatic rings. The van der Waals surface area contributed by atoms with Crippen LogP contribution in [0, 0.1) is 17.8 Å². The van der Waals surface area contributed by atoms with Gasteiger partial charge in [0.2, 0.25) is 0 Å². The third-order valence-electron chi connectivity index (χ3n) is 6.85. The maximum absolute atomic E-state index is 12.7. The van der Waals surface area contributed by atoms with E-state index in [1.54, 1.807) is 0 Å². The van der Waals surface area contributed by atoms with Crippen molar-refractivity contribution in [2.24, 2.45) is 17.8 Å². The lowest BCUT2D eigenvalue weighted by Gasteiger charge is -2.36. The van der Waals surface area contributed by atoms with Crippen LogP contribution >= 0.6 is 0 Å². The summed E-state index contributed by atoms with van der Waals surface area (Å²) in [4.78, 5) is 37.4. The van der Waals surface area contributed by atoms with Gasteiger partial charge in [-0.2, -0.15) is 0 Å². The highest BCUT2D eigenvalue weighted by atomic mass is 16.5. The molecule has 0 spiro atoms. The summed E-state index contributed by atoms with van der Waals surface area (Å²) < 4.78 is 5.39. The van der Waals surface area contributed by atoms with Gasteiger partial charge in [-0.05, 0) is 60.4 Å². The largest absolute Gasteiger partial charge is 0.457 e. The predicted octanol–water partition coefficient (Wildman–Crippen LogP) is 4.38. The second-order valence-electron chi connectivity index (χ2n) is 8.63. The van der Waals surface area contributed by atoms with E-state index in [2.05, 4.69) is 12.1 Å². The molecule has 29 heavy (non-hydrogen) atoms. The Morgan fingerprint density at radius 2 is 1.66 bits per heavy atom. The van der Waals surface area contributed by atoms with Gasteiger partial charge in [-0.25, -0.2) is 0 Å². The van der Waals surface area contributed by atoms with Crippen LogP contribution in [-0.2, 0) is 20.7 Å². The van der Waals surface area contributed by atoms with Gasteiger partial charge in [0, 0.05) is 17.4 Å². The standard InChI is InChI=1S/C25H24O4/c26-23(14-29-25(28)20-11-18-5-3-6-19(12-20)24(18)27)17-9-8-16-10-15-4-1-2-7-21(15)22(16)13-17/h1-2,4,7-9,13,18-20H,3,5-6,10-12,14H2/t18-,19+,20?. The molecule has 5 rings (SSSR count). The van der Waals surface area contributed by atoms with Crippen LogP contribution in [0.5, 0.6) is 0 Å². The average Bonchev–Trinajstić information content (AvgIpc) is 3.09. The molecule has 3 aliphatic carbocycles. The van der Waals surface area contributed by atoms with E-state index in [1.165, 1.54) is 16.7 Å². The number of hydrogen-bond acceptors (Lipinski definition) is 4. The first-order chi connectivity index (χ1) is 14.1. The van der Waals surface area contributed by atoms with E-state index in [0.717, 1.165) is 31.2 Å². The van der Waals surface area contributed by atoms with Gasteiger partial charge in [-0.1, -0.05) is 42.8 Å². The summed E-state index contributed by atoms with van der Waals surface area (Å²) >= 11 is 0. The second-order valence-corrected chi connectivity index (χ2v) is 8.63. The lowest BCUT2D eigenvalue weighted by atomic mass is 9.67. The third-order valence-corrected chi connectivity index (χ3v) is 6.85. The average molecular weight is 388 g/mol. The zero-order valence-corrected chi connectivity index (χ0v) is 16.4. The van der Waals surface area contributed by atoms with Crippen molar-refractivity contribution in [2.75, 3.05) is 6.61 Å². The molecule has 3 aliphatic rings. The normalized spacial score (nSPS) is 24.6. The Bertz CT molecular complexity index is 990. The van der Waals surface area contributed by atoms with Crippen molar-refractivity contribution in [3.05, 3.63) is 59.2 Å². The molecule has 2 fully saturated rings. The van der Waals surface area contributed by atoms with Gasteiger partial charge >= 0.3 is 5.97 Å². The molecule has 0 N–H and O–H groups in total. The van der Waals surface area contributed by atoms with Crippen molar-refractivity contribution in [3.8, 4) is 11.1 Å². The Kier molecular flexibility index (Phi) is 4.57. The van der Waals surface area contributed by atoms with E-state index in [0.29, 0.717) is 24.2 Å². The van der Waals surface area contributed by atoms with E-state index in [4.69, 9.17) is 4.74 Å². The fraction of sp³-hybridized carbons (Fsp3) is 0.400. The molecule has 2 aromatic carbocycles. The van der Waals surface area contributed by atoms with Gasteiger partial charge in [-0.3, -0.25) is 14.4 Å². The molecule has 4 nitrogen and oxygen atoms in total. The van der Waals surface area contributed by atoms with Gasteiger partial charge in [-0.15, -0.1) is 0 Å². The lowest BCUT2D eigenvalue weighted by Crippen LogP contribution is -2.39. The molecule has 0 aliphatic heterocycles. The monoisotopic (exact) mass is 388 g/mol. The molecule has 2 saturated carbocycles. The number of benzene rings is 2. The number of ketones is 2. The zero-order valence-electron chi connectivity index (χ0n) is 16.4. The topological polar surface area (TPSA) is 60.4 Å². The SMILES string of the molecule is O=C(COC(=O)C1C[C@H]2CCC[C@@H](C1)C2=O)c1ccc2c(c1)-c1ccccc1C2. The number of esters is 1. The molecule has 0 saturated heterocycles. The first-order valence-corrected chi connectivity index (χ1v) is 10.5. The Morgan fingerprint density at radius 1 is 0.931 bits per heavy atom. The van der Waals surface area contributed by atoms with Gasteiger partial charge in [0.25, 0.3) is 0 Å². The van der Waals surface area contributed by atoms with Crippen molar-refractivity contribution in [1.29, 1.82) is 0 Å². The maximum atomic E-state index is 12.7. The minimum atomic E-state index is -0.325. The number of rotatable bonds is 4. The molecular formula is C25H24O4. The fourth-order valence-corrected chi connectivity index (χ4v) is 5.31. The van der Waals surface area contributed by atoms with Crippen LogP contribution in [0.3, 0.4) is 0 Å². The van der Waals surface area contributed by atoms with Crippen molar-refractivity contribution in [1.82, 2.24) is 0 Å². The minimum absolute atomic E-state index is 0.00697. The predicted molar refractivity (Wildman–Crippen MR) is 109 cm³/mol. The summed E-state index contributed by atoms with van der Waals surface area (Å²) in [6, 6.07) is 14.0. The highest BCUT2D eigenvalue weighted by molar-refractivity contribution is 6.00. The number of hydrogen-bond donors (Lipinski definition) is 0. The van der Waals surface area contributed by atoms with Crippen LogP contribution in [0.25, 0.3) is 11.1 Å². The Labute approximate surface area is 170 Å². The van der Waals surface area contributed by atoms with E-state index in [9.17, 15) is 14.4 Å². The van der Waals surface area contributed by atoms with Crippen molar-refractivity contribution >= 4 is 17.5 Å². The van der Waals surface area contributed by atoms with E-state index in [1.807, 2.05) is 30.3 Å². The molecule has 148 valence electrons. The molecule has 0 radical (unpaired) electrons. The van der Waals surface area contributed by atoms with E-state index in [-0.39, 0.29) is 36.1 Å². The quantitative estimate of drug-likeness (QED) is 0.492. The number of carbonyl (C=O) groups excluding carboxylic acids is 3. The smallest absolute Gasteiger partial charge is 0.309 e. The molecule has 3 atom stereocenters. The van der Waals surface area contributed by atoms with Crippen molar-refractivity contribution < 1.29 is 19.1 Å². The van der Waals surface area contributed by atoms with Gasteiger partial charge in [0.15, 0.2) is 12.4 Å². The third kappa shape index (κ3) is 3.31. The van der Waals surface area contributed by atoms with Crippen LogP contribution in [0.1, 0.15) is 53.6 Å². The first kappa shape index (κ1) is 18.3. The summed E-state index contributed by atoms with van der Waals surface area (Å²) in [7, 11) is 0. The van der Waals surface area contributed by atoms with Gasteiger partial charge < -0.3 is 4.74 Å². The summed E-state index contributed by atoms with van der Waals surface area (Å²) in [6.07, 6.45) is 4.89. The van der Waals surface area contributed by atoms with Crippen molar-refractivity contribution in [2.45, 2.75) is 38.5 Å². The van der Waals surface area contributed by atoms with E-state index >= 15 is 0 Å². The van der Waals surface area contributed by atoms with Gasteiger partial charge in [0.05, 0.1) is 5.92 Å². The Hall–Kier alpha value is -2.75. The Balaban J connectivity index is 1.24. The molecular weight excluding hydrogens is 364 g/mol. The van der Waals surface area contributed by atoms with Crippen LogP contribution in [0.4, 0.5) is 0 Å². The summed E-state index contributed by atoms with van der Waals surface area (Å²) in [5.74, 6) is -0.413. The molecule has 4 heteroatoms. The van der Waals surface area contributed by atoms with Crippen LogP contribution in [0.15, 0.2) is 42.5 Å². The number of fused-ring (bicyclic) bond motifs is 5. The number of ether oxygens (including phenoxy) is 1. The highest BCUT2D eigenvalue weighted by Gasteiger charge is 2.41. The summed E-state index contributed by atoms with van der Waals surface area (Å²) in [5.41, 5.74) is 5.34. The van der Waals surface area contributed by atoms with Gasteiger partial charge in [0.1, 0.15) is 5.78 Å². The lowest BCUT2D eigenvalue weighted by molar-refractivity contribution is -0.152. The number of carbonyl (C=O) groups is 3. The highest BCUT2D eigenvalue weighted by Crippen LogP contribution is 2.40. The fourth-order valence-electron chi connectivity index (χ4n) is 5.31. The Morgan fingerprint density at radius 3 is 2.45 bits per heavy atom. The maximum Gasteiger partial charge on any atom is 0.309 e. The first-order valence-electron chi connectivity index (χ1n) is 10.5. The molecule has 2 bridgehead atoms. The molecule has 0 amide bonds. The summed E-state index contributed by atoms with van der Waals surface area (Å²) in [5, 5.41) is 0. The minimum Gasteiger partial charge on any atom is -0.457 e. The van der Waals surface area contributed by atoms with E-state index < -0.39 is 0 Å². The van der Waals surface area contributed by atoms with Crippen LogP contribution in [-0.4, -0.2) is 24.1 Å². The number of Topliss-reactive ketones (excluding diaryl/α,β-unsaturated/α-hetero) is 2. The van der Waals surface area contributed by atoms with Crippen LogP contribution in [0.2, 0.25) is 0 Å². The van der Waals surface area contributed by atoms with Crippen molar-refractivity contribution in [3.63, 3.8) is 0 Å².